The highest BCUT2D eigenvalue weighted by Gasteiger charge is 2.13. The first-order valence-electron chi connectivity index (χ1n) is 13.9. The summed E-state index contributed by atoms with van der Waals surface area (Å²) in [5.41, 5.74) is 3.70. The van der Waals surface area contributed by atoms with Crippen molar-refractivity contribution >= 4 is 33.5 Å². The number of nitrogens with one attached hydrogen (secondary N) is 2. The van der Waals surface area contributed by atoms with Gasteiger partial charge in [0.15, 0.2) is 0 Å². The second-order valence-corrected chi connectivity index (χ2v) is 10.2. The topological polar surface area (TPSA) is 24.1 Å². The predicted octanol–water partition coefficient (Wildman–Crippen LogP) is 8.92. The lowest BCUT2D eigenvalue weighted by Crippen LogP contribution is -2.10. The molecule has 0 bridgehead atoms. The molecule has 0 amide bonds. The summed E-state index contributed by atoms with van der Waals surface area (Å²) < 4.78 is 52.2. The van der Waals surface area contributed by atoms with E-state index in [1.165, 1.54) is 0 Å². The molecule has 2 N–H and O–H groups in total. The number of anilines is 4. The molecule has 0 unspecified atom stereocenters. The third kappa shape index (κ3) is 5.13. The number of rotatable bonds is 4. The summed E-state index contributed by atoms with van der Waals surface area (Å²) in [5.74, 6) is 0. The van der Waals surface area contributed by atoms with Crippen LogP contribution >= 0.6 is 0 Å². The molecule has 0 fully saturated rings. The Balaban J connectivity index is 1.80. The Morgan fingerprint density at radius 3 is 1.16 bits per heavy atom. The van der Waals surface area contributed by atoms with Crippen LogP contribution in [0.5, 0.6) is 0 Å². The lowest BCUT2D eigenvalue weighted by Gasteiger charge is -2.19. The van der Waals surface area contributed by atoms with Gasteiger partial charge in [-0.25, -0.2) is 0 Å². The Hall–Kier alpha value is -3.26. The maximum Gasteiger partial charge on any atom is 0.0651 e. The van der Waals surface area contributed by atoms with E-state index in [4.69, 9.17) is 8.22 Å². The van der Waals surface area contributed by atoms with Gasteiger partial charge in [0.2, 0.25) is 0 Å². The first kappa shape index (κ1) is 15.5. The summed E-state index contributed by atoms with van der Waals surface area (Å²) in [4.78, 5) is 0. The van der Waals surface area contributed by atoms with Crippen LogP contribution in [0.4, 0.5) is 22.7 Å². The average molecular weight is 429 g/mol. The minimum absolute atomic E-state index is 0.0171. The molecule has 2 heteroatoms. The van der Waals surface area contributed by atoms with Crippen molar-refractivity contribution in [2.75, 3.05) is 10.6 Å². The highest BCUT2D eigenvalue weighted by molar-refractivity contribution is 5.89. The molecule has 164 valence electrons. The number of benzene rings is 4. The standard InChI is InChI=1S/C30H34N2/c1-29(2,3)23-9-15-25(16-10-23)31-27-13-7-22-20-28(14-8-21(22)19-27)32-26-17-11-24(12-18-26)30(4,5)6/h7-20,31-32H,1-6H3/i7D,8D,13D,14D,19D,20D. The van der Waals surface area contributed by atoms with Gasteiger partial charge in [-0.15, -0.1) is 0 Å². The molecule has 0 aliphatic carbocycles. The minimum Gasteiger partial charge on any atom is -0.356 e. The Labute approximate surface area is 201 Å². The van der Waals surface area contributed by atoms with Gasteiger partial charge in [-0.3, -0.25) is 0 Å². The van der Waals surface area contributed by atoms with Crippen LogP contribution < -0.4 is 10.6 Å². The van der Waals surface area contributed by atoms with E-state index in [1.807, 2.05) is 48.5 Å². The van der Waals surface area contributed by atoms with E-state index in [1.54, 1.807) is 0 Å². The van der Waals surface area contributed by atoms with Crippen LogP contribution in [0.1, 0.15) is 60.9 Å². The maximum absolute atomic E-state index is 8.80. The van der Waals surface area contributed by atoms with Gasteiger partial charge in [0.05, 0.1) is 8.22 Å². The zero-order valence-corrected chi connectivity index (χ0v) is 19.6. The summed E-state index contributed by atoms with van der Waals surface area (Å²) >= 11 is 0. The van der Waals surface area contributed by atoms with Gasteiger partial charge in [0, 0.05) is 22.7 Å². The van der Waals surface area contributed by atoms with Crippen molar-refractivity contribution in [2.45, 2.75) is 52.4 Å². The van der Waals surface area contributed by atoms with Gasteiger partial charge >= 0.3 is 0 Å². The lowest BCUT2D eigenvalue weighted by atomic mass is 9.87. The summed E-state index contributed by atoms with van der Waals surface area (Å²) in [5, 5.41) is 6.18. The highest BCUT2D eigenvalue weighted by Crippen LogP contribution is 2.29. The lowest BCUT2D eigenvalue weighted by molar-refractivity contribution is 0.590. The summed E-state index contributed by atoms with van der Waals surface area (Å²) in [6.45, 7) is 12.7. The summed E-state index contributed by atoms with van der Waals surface area (Å²) in [6.07, 6.45) is 0. The van der Waals surface area contributed by atoms with Gasteiger partial charge < -0.3 is 10.6 Å². The molecule has 0 saturated heterocycles. The van der Waals surface area contributed by atoms with Crippen LogP contribution in [-0.2, 0) is 10.8 Å². The number of hydrogen-bond donors (Lipinski definition) is 2. The first-order chi connectivity index (χ1) is 17.6. The van der Waals surface area contributed by atoms with Crippen molar-refractivity contribution in [1.82, 2.24) is 0 Å². The Morgan fingerprint density at radius 1 is 0.500 bits per heavy atom. The quantitative estimate of drug-likeness (QED) is 0.339. The van der Waals surface area contributed by atoms with Crippen LogP contribution in [0.2, 0.25) is 0 Å². The zero-order valence-electron chi connectivity index (χ0n) is 25.6. The van der Waals surface area contributed by atoms with Gasteiger partial charge in [-0.1, -0.05) is 77.9 Å². The molecule has 4 aromatic carbocycles. The molecule has 0 atom stereocenters. The predicted molar refractivity (Wildman–Crippen MR) is 141 cm³/mol. The second kappa shape index (κ2) is 8.35. The van der Waals surface area contributed by atoms with E-state index in [9.17, 15) is 0 Å². The van der Waals surface area contributed by atoms with E-state index in [0.29, 0.717) is 11.4 Å². The fraction of sp³-hybridized carbons (Fsp3) is 0.267. The molecule has 0 aliphatic heterocycles. The third-order valence-electron chi connectivity index (χ3n) is 5.42. The summed E-state index contributed by atoms with van der Waals surface area (Å²) in [7, 11) is 0. The minimum atomic E-state index is -0.255. The van der Waals surface area contributed by atoms with Crippen molar-refractivity contribution in [2.24, 2.45) is 0 Å². The number of hydrogen-bond acceptors (Lipinski definition) is 2. The van der Waals surface area contributed by atoms with Crippen molar-refractivity contribution < 1.29 is 8.22 Å². The maximum atomic E-state index is 8.80. The highest BCUT2D eigenvalue weighted by atomic mass is 14.9. The molecule has 32 heavy (non-hydrogen) atoms. The Bertz CT molecular complexity index is 1400. The molecule has 4 aromatic rings. The van der Waals surface area contributed by atoms with Crippen LogP contribution in [0, 0.1) is 0 Å². The molecule has 0 saturated carbocycles. The molecule has 2 nitrogen and oxygen atoms in total. The van der Waals surface area contributed by atoms with Crippen LogP contribution in [-0.4, -0.2) is 0 Å². The fourth-order valence-electron chi connectivity index (χ4n) is 3.40. The SMILES string of the molecule is [2H]c1c(Nc2ccc(C(C)(C)C)cc2)c([2H])c2c([2H])c([2H])c(Nc3ccc(C(C)(C)C)cc3)c([2H])c2c1[2H]. The van der Waals surface area contributed by atoms with Gasteiger partial charge in [-0.2, -0.15) is 0 Å². The first-order valence-corrected chi connectivity index (χ1v) is 10.9. The molecule has 0 heterocycles. The number of fused-ring (bicyclic) bond motifs is 1. The van der Waals surface area contributed by atoms with Gasteiger partial charge in [-0.05, 0) is 81.2 Å². The van der Waals surface area contributed by atoms with Crippen LogP contribution in [0.3, 0.4) is 0 Å². The van der Waals surface area contributed by atoms with E-state index in [0.717, 1.165) is 11.1 Å². The molecule has 0 aromatic heterocycles. The van der Waals surface area contributed by atoms with Crippen molar-refractivity contribution in [3.63, 3.8) is 0 Å². The fourth-order valence-corrected chi connectivity index (χ4v) is 3.40. The molecule has 4 rings (SSSR count). The van der Waals surface area contributed by atoms with Crippen LogP contribution in [0.25, 0.3) is 10.8 Å². The molecular weight excluding hydrogens is 388 g/mol. The summed E-state index contributed by atoms with van der Waals surface area (Å²) in [6, 6.07) is 14.0. The smallest absolute Gasteiger partial charge is 0.0651 e. The monoisotopic (exact) mass is 428 g/mol. The Morgan fingerprint density at radius 2 is 0.844 bits per heavy atom. The average Bonchev–Trinajstić information content (AvgIpc) is 2.84. The second-order valence-electron chi connectivity index (χ2n) is 10.2. The van der Waals surface area contributed by atoms with E-state index < -0.39 is 0 Å². The van der Waals surface area contributed by atoms with Gasteiger partial charge in [0.25, 0.3) is 0 Å². The van der Waals surface area contributed by atoms with Gasteiger partial charge in [0.1, 0.15) is 0 Å². The van der Waals surface area contributed by atoms with E-state index >= 15 is 0 Å². The van der Waals surface area contributed by atoms with Crippen molar-refractivity contribution in [3.8, 4) is 0 Å². The molecule has 0 spiro atoms. The molecular formula is C30H34N2. The van der Waals surface area contributed by atoms with E-state index in [2.05, 4.69) is 52.2 Å². The normalized spacial score (nSPS) is 14.7. The van der Waals surface area contributed by atoms with Crippen LogP contribution in [0.15, 0.2) is 84.8 Å². The Kier molecular flexibility index (Phi) is 4.05. The van der Waals surface area contributed by atoms with Crippen molar-refractivity contribution in [3.05, 3.63) is 95.9 Å². The van der Waals surface area contributed by atoms with Crippen molar-refractivity contribution in [1.29, 1.82) is 0 Å². The van der Waals surface area contributed by atoms with E-state index in [-0.39, 0.29) is 69.2 Å². The molecule has 0 radical (unpaired) electrons. The largest absolute Gasteiger partial charge is 0.356 e. The zero-order chi connectivity index (χ0) is 28.2. The third-order valence-corrected chi connectivity index (χ3v) is 5.42. The molecule has 0 aliphatic rings.